The van der Waals surface area contributed by atoms with Crippen molar-refractivity contribution in [3.05, 3.63) is 104 Å². The number of fused-ring (bicyclic) bond motifs is 1. The van der Waals surface area contributed by atoms with E-state index in [1.54, 1.807) is 18.2 Å². The molecule has 9 heteroatoms. The number of hydrogen-bond acceptors (Lipinski definition) is 2. The molecule has 3 aromatic rings. The molecule has 0 atom stereocenters. The van der Waals surface area contributed by atoms with E-state index in [1.165, 1.54) is 0 Å². The predicted octanol–water partition coefficient (Wildman–Crippen LogP) is 8.28. The monoisotopic (exact) mass is 554 g/mol. The molecule has 3 aromatic carbocycles. The molecule has 0 heterocycles. The van der Waals surface area contributed by atoms with Crippen LogP contribution in [-0.2, 0) is 25.4 Å². The fourth-order valence-electron chi connectivity index (χ4n) is 3.79. The second-order valence-electron chi connectivity index (χ2n) is 8.07. The lowest BCUT2D eigenvalue weighted by molar-refractivity contribution is -0.143. The molecule has 0 fully saturated rings. The van der Waals surface area contributed by atoms with E-state index in [-0.39, 0.29) is 23.6 Å². The molecule has 0 aliphatic heterocycles. The van der Waals surface area contributed by atoms with E-state index >= 15 is 0 Å². The minimum atomic E-state index is -4.95. The SMILES string of the molecule is O=C1/C(=C/c2cc(C(F)(F)F)cc(C(F)(F)F)c2)CCc2cc(OCc3ccc(Br)cc3)ccc21. The molecule has 0 radical (unpaired) electrons. The standard InChI is InChI=1S/C26H17BrF6O2/c27-21-5-1-15(2-6-21)14-35-22-7-8-23-17(12-22)3-4-18(24(23)34)9-16-10-19(25(28,29)30)13-20(11-16)26(31,32)33/h1-2,5-13H,3-4,14H2/b18-9+. The number of alkyl halides is 6. The first-order valence-corrected chi connectivity index (χ1v) is 11.2. The van der Waals surface area contributed by atoms with Crippen LogP contribution < -0.4 is 4.74 Å². The first kappa shape index (κ1) is 25.0. The third-order valence-corrected chi connectivity index (χ3v) is 6.07. The molecular weight excluding hydrogens is 538 g/mol. The van der Waals surface area contributed by atoms with E-state index in [1.807, 2.05) is 24.3 Å². The summed E-state index contributed by atoms with van der Waals surface area (Å²) < 4.78 is 85.6. The Morgan fingerprint density at radius 3 is 2.06 bits per heavy atom. The van der Waals surface area contributed by atoms with Crippen LogP contribution in [0.5, 0.6) is 5.75 Å². The summed E-state index contributed by atoms with van der Waals surface area (Å²) in [6.45, 7) is 0.322. The Morgan fingerprint density at radius 2 is 1.46 bits per heavy atom. The number of carbonyl (C=O) groups excluding carboxylic acids is 1. The van der Waals surface area contributed by atoms with Crippen LogP contribution in [0, 0.1) is 0 Å². The Balaban J connectivity index is 1.57. The van der Waals surface area contributed by atoms with Gasteiger partial charge in [-0.3, -0.25) is 4.79 Å². The number of halogens is 7. The van der Waals surface area contributed by atoms with Crippen molar-refractivity contribution in [1.29, 1.82) is 0 Å². The van der Waals surface area contributed by atoms with E-state index in [2.05, 4.69) is 15.9 Å². The molecule has 35 heavy (non-hydrogen) atoms. The molecule has 1 aliphatic carbocycles. The number of ketones is 1. The third-order valence-electron chi connectivity index (χ3n) is 5.55. The van der Waals surface area contributed by atoms with Crippen LogP contribution in [-0.4, -0.2) is 5.78 Å². The Kier molecular flexibility index (Phi) is 6.81. The average molecular weight is 555 g/mol. The number of Topliss-reactive ketones (excluding diaryl/α,β-unsaturated/α-hetero) is 1. The number of aryl methyl sites for hydroxylation is 1. The van der Waals surface area contributed by atoms with Crippen molar-refractivity contribution in [3.8, 4) is 5.75 Å². The second kappa shape index (κ2) is 9.53. The minimum Gasteiger partial charge on any atom is -0.489 e. The number of carbonyl (C=O) groups is 1. The lowest BCUT2D eigenvalue weighted by atomic mass is 9.85. The highest BCUT2D eigenvalue weighted by Gasteiger charge is 2.37. The Labute approximate surface area is 205 Å². The quantitative estimate of drug-likeness (QED) is 0.239. The largest absolute Gasteiger partial charge is 0.489 e. The average Bonchev–Trinajstić information content (AvgIpc) is 2.79. The molecule has 0 saturated carbocycles. The topological polar surface area (TPSA) is 26.3 Å². The first-order chi connectivity index (χ1) is 16.4. The number of hydrogen-bond donors (Lipinski definition) is 0. The van der Waals surface area contributed by atoms with Gasteiger partial charge in [0.2, 0.25) is 0 Å². The highest BCUT2D eigenvalue weighted by atomic mass is 79.9. The van der Waals surface area contributed by atoms with Crippen molar-refractivity contribution in [1.82, 2.24) is 0 Å². The molecule has 0 spiro atoms. The van der Waals surface area contributed by atoms with Crippen LogP contribution in [0.4, 0.5) is 26.3 Å². The van der Waals surface area contributed by atoms with Gasteiger partial charge in [-0.05, 0) is 84.1 Å². The van der Waals surface area contributed by atoms with Crippen LogP contribution in [0.3, 0.4) is 0 Å². The number of ether oxygens (including phenoxy) is 1. The van der Waals surface area contributed by atoms with Gasteiger partial charge in [-0.25, -0.2) is 0 Å². The molecule has 0 aromatic heterocycles. The van der Waals surface area contributed by atoms with Crippen molar-refractivity contribution in [2.75, 3.05) is 0 Å². The maximum absolute atomic E-state index is 13.1. The first-order valence-electron chi connectivity index (χ1n) is 10.4. The van der Waals surface area contributed by atoms with Crippen molar-refractivity contribution >= 4 is 27.8 Å². The predicted molar refractivity (Wildman–Crippen MR) is 122 cm³/mol. The molecule has 0 unspecified atom stereocenters. The number of allylic oxidation sites excluding steroid dienone is 1. The van der Waals surface area contributed by atoms with Gasteiger partial charge in [-0.1, -0.05) is 28.1 Å². The maximum Gasteiger partial charge on any atom is 0.416 e. The third kappa shape index (κ3) is 5.96. The van der Waals surface area contributed by atoms with Gasteiger partial charge in [-0.15, -0.1) is 0 Å². The van der Waals surface area contributed by atoms with Gasteiger partial charge in [0.15, 0.2) is 5.78 Å². The number of benzene rings is 3. The fourth-order valence-corrected chi connectivity index (χ4v) is 4.06. The van der Waals surface area contributed by atoms with E-state index in [0.717, 1.165) is 16.1 Å². The van der Waals surface area contributed by atoms with Crippen LogP contribution in [0.1, 0.15) is 44.6 Å². The number of rotatable bonds is 4. The summed E-state index contributed by atoms with van der Waals surface area (Å²) in [5.74, 6) is 0.122. The molecule has 182 valence electrons. The van der Waals surface area contributed by atoms with Gasteiger partial charge in [0, 0.05) is 15.6 Å². The van der Waals surface area contributed by atoms with Crippen LogP contribution in [0.25, 0.3) is 6.08 Å². The summed E-state index contributed by atoms with van der Waals surface area (Å²) in [5, 5.41) is 0. The summed E-state index contributed by atoms with van der Waals surface area (Å²) in [5.41, 5.74) is -1.01. The van der Waals surface area contributed by atoms with E-state index in [9.17, 15) is 31.1 Å². The lowest BCUT2D eigenvalue weighted by Gasteiger charge is -2.19. The van der Waals surface area contributed by atoms with E-state index < -0.39 is 29.3 Å². The summed E-state index contributed by atoms with van der Waals surface area (Å²) >= 11 is 3.36. The van der Waals surface area contributed by atoms with Crippen LogP contribution in [0.2, 0.25) is 0 Å². The van der Waals surface area contributed by atoms with Gasteiger partial charge in [-0.2, -0.15) is 26.3 Å². The van der Waals surface area contributed by atoms with Gasteiger partial charge in [0.05, 0.1) is 11.1 Å². The van der Waals surface area contributed by atoms with Gasteiger partial charge < -0.3 is 4.74 Å². The van der Waals surface area contributed by atoms with Crippen molar-refractivity contribution in [2.45, 2.75) is 31.8 Å². The smallest absolute Gasteiger partial charge is 0.416 e. The fraction of sp³-hybridized carbons (Fsp3) is 0.192. The normalized spacial score (nSPS) is 15.3. The van der Waals surface area contributed by atoms with Crippen molar-refractivity contribution < 1.29 is 35.9 Å². The zero-order chi connectivity index (χ0) is 25.4. The molecule has 0 saturated heterocycles. The Morgan fingerprint density at radius 1 is 0.829 bits per heavy atom. The Bertz CT molecular complexity index is 1260. The van der Waals surface area contributed by atoms with Crippen molar-refractivity contribution in [2.24, 2.45) is 0 Å². The zero-order valence-corrected chi connectivity index (χ0v) is 19.5. The summed E-state index contributed by atoms with van der Waals surface area (Å²) in [6.07, 6.45) is -8.23. The minimum absolute atomic E-state index is 0.0653. The molecule has 1 aliphatic rings. The summed E-state index contributed by atoms with van der Waals surface area (Å²) in [4.78, 5) is 12.9. The molecular formula is C26H17BrF6O2. The molecule has 2 nitrogen and oxygen atoms in total. The highest BCUT2D eigenvalue weighted by molar-refractivity contribution is 9.10. The molecule has 0 amide bonds. The zero-order valence-electron chi connectivity index (χ0n) is 17.9. The lowest BCUT2D eigenvalue weighted by Crippen LogP contribution is -2.15. The van der Waals surface area contributed by atoms with E-state index in [0.29, 0.717) is 42.0 Å². The summed E-state index contributed by atoms with van der Waals surface area (Å²) in [6, 6.07) is 13.8. The van der Waals surface area contributed by atoms with Gasteiger partial charge in [0.25, 0.3) is 0 Å². The Hall–Kier alpha value is -3.07. The molecule has 0 N–H and O–H groups in total. The second-order valence-corrected chi connectivity index (χ2v) is 8.99. The molecule has 0 bridgehead atoms. The summed E-state index contributed by atoms with van der Waals surface area (Å²) in [7, 11) is 0. The van der Waals surface area contributed by atoms with Crippen LogP contribution in [0.15, 0.2) is 70.7 Å². The van der Waals surface area contributed by atoms with Gasteiger partial charge in [0.1, 0.15) is 12.4 Å². The van der Waals surface area contributed by atoms with Crippen LogP contribution >= 0.6 is 15.9 Å². The highest BCUT2D eigenvalue weighted by Crippen LogP contribution is 2.37. The van der Waals surface area contributed by atoms with Gasteiger partial charge >= 0.3 is 12.4 Å². The van der Waals surface area contributed by atoms with Crippen molar-refractivity contribution in [3.63, 3.8) is 0 Å². The van der Waals surface area contributed by atoms with E-state index in [4.69, 9.17) is 4.74 Å². The maximum atomic E-state index is 13.1. The molecule has 4 rings (SSSR count).